The lowest BCUT2D eigenvalue weighted by atomic mass is 10.1. The van der Waals surface area contributed by atoms with Crippen LogP contribution >= 0.6 is 22.9 Å². The Morgan fingerprint density at radius 1 is 1.37 bits per heavy atom. The summed E-state index contributed by atoms with van der Waals surface area (Å²) in [6, 6.07) is 2.46. The molecular formula is C17H19ClF3N3O2S. The zero-order valence-electron chi connectivity index (χ0n) is 14.8. The van der Waals surface area contributed by atoms with Gasteiger partial charge in [0.2, 0.25) is 0 Å². The van der Waals surface area contributed by atoms with Gasteiger partial charge in [0, 0.05) is 11.8 Å². The molecule has 0 aromatic carbocycles. The largest absolute Gasteiger partial charge is 0.320 e. The summed E-state index contributed by atoms with van der Waals surface area (Å²) in [4.78, 5) is 26.6. The normalized spacial score (nSPS) is 11.4. The topological polar surface area (TPSA) is 54.3 Å². The summed E-state index contributed by atoms with van der Waals surface area (Å²) in [5.74, 6) is -1.34. The van der Waals surface area contributed by atoms with Crippen molar-refractivity contribution in [2.24, 2.45) is 0 Å². The van der Waals surface area contributed by atoms with Crippen LogP contribution < -0.4 is 10.9 Å². The van der Waals surface area contributed by atoms with E-state index in [1.807, 2.05) is 19.0 Å². The highest BCUT2D eigenvalue weighted by Gasteiger charge is 2.16. The summed E-state index contributed by atoms with van der Waals surface area (Å²) in [7, 11) is 3.77. The smallest absolute Gasteiger partial charge is 0.265 e. The number of aryl methyl sites for hydroxylation is 1. The molecule has 0 unspecified atom stereocenters. The second-order valence-electron chi connectivity index (χ2n) is 6.20. The number of aromatic nitrogens is 1. The van der Waals surface area contributed by atoms with Gasteiger partial charge in [-0.25, -0.2) is 13.2 Å². The van der Waals surface area contributed by atoms with Crippen molar-refractivity contribution >= 4 is 34.5 Å². The first-order valence-corrected chi connectivity index (χ1v) is 9.29. The Labute approximate surface area is 163 Å². The van der Waals surface area contributed by atoms with Crippen LogP contribution in [0.4, 0.5) is 18.9 Å². The number of hydrogen-bond acceptors (Lipinski definition) is 4. The van der Waals surface area contributed by atoms with E-state index in [2.05, 4.69) is 5.32 Å². The van der Waals surface area contributed by atoms with Gasteiger partial charge in [-0.15, -0.1) is 11.3 Å². The first-order valence-electron chi connectivity index (χ1n) is 8.09. The van der Waals surface area contributed by atoms with Gasteiger partial charge in [-0.05, 0) is 45.6 Å². The van der Waals surface area contributed by atoms with E-state index < -0.39 is 30.3 Å². The second-order valence-corrected chi connectivity index (χ2v) is 7.85. The lowest BCUT2D eigenvalue weighted by Gasteiger charge is -2.13. The second kappa shape index (κ2) is 9.38. The Bertz CT molecular complexity index is 848. The van der Waals surface area contributed by atoms with Crippen molar-refractivity contribution in [3.8, 4) is 0 Å². The summed E-state index contributed by atoms with van der Waals surface area (Å²) in [5, 5.41) is 2.51. The minimum absolute atomic E-state index is 0.0401. The number of thiophene rings is 1. The van der Waals surface area contributed by atoms with E-state index in [1.54, 1.807) is 0 Å². The van der Waals surface area contributed by atoms with E-state index >= 15 is 0 Å². The monoisotopic (exact) mass is 421 g/mol. The van der Waals surface area contributed by atoms with Crippen LogP contribution in [-0.4, -0.2) is 42.4 Å². The van der Waals surface area contributed by atoms with E-state index in [0.29, 0.717) is 18.4 Å². The van der Waals surface area contributed by atoms with Crippen LogP contribution in [0.2, 0.25) is 4.34 Å². The third kappa shape index (κ3) is 6.08. The lowest BCUT2D eigenvalue weighted by molar-refractivity contribution is 0.103. The number of carbonyl (C=O) groups excluding carboxylic acids is 1. The van der Waals surface area contributed by atoms with Crippen LogP contribution in [0.5, 0.6) is 0 Å². The maximum absolute atomic E-state index is 13.3. The Morgan fingerprint density at radius 3 is 2.63 bits per heavy atom. The Hall–Kier alpha value is -1.84. The van der Waals surface area contributed by atoms with E-state index in [9.17, 15) is 22.8 Å². The van der Waals surface area contributed by atoms with Gasteiger partial charge in [0.05, 0.1) is 17.1 Å². The lowest BCUT2D eigenvalue weighted by Crippen LogP contribution is -2.27. The zero-order valence-corrected chi connectivity index (χ0v) is 16.3. The van der Waals surface area contributed by atoms with Crippen molar-refractivity contribution in [3.63, 3.8) is 0 Å². The number of amides is 1. The molecule has 10 heteroatoms. The van der Waals surface area contributed by atoms with Crippen LogP contribution in [-0.2, 0) is 13.0 Å². The molecule has 2 heterocycles. The molecule has 0 aliphatic rings. The van der Waals surface area contributed by atoms with Crippen molar-refractivity contribution in [2.75, 3.05) is 26.0 Å². The molecule has 0 bridgehead atoms. The van der Waals surface area contributed by atoms with Gasteiger partial charge in [-0.3, -0.25) is 9.59 Å². The molecule has 0 aliphatic heterocycles. The summed E-state index contributed by atoms with van der Waals surface area (Å²) >= 11 is 6.38. The molecule has 2 aromatic heterocycles. The zero-order chi connectivity index (χ0) is 20.1. The molecule has 27 heavy (non-hydrogen) atoms. The number of rotatable bonds is 8. The van der Waals surface area contributed by atoms with Crippen LogP contribution in [0.25, 0.3) is 0 Å². The van der Waals surface area contributed by atoms with Crippen molar-refractivity contribution in [1.82, 2.24) is 9.47 Å². The predicted molar refractivity (Wildman–Crippen MR) is 101 cm³/mol. The minimum Gasteiger partial charge on any atom is -0.320 e. The van der Waals surface area contributed by atoms with E-state index in [1.165, 1.54) is 6.07 Å². The average molecular weight is 422 g/mol. The van der Waals surface area contributed by atoms with Crippen molar-refractivity contribution in [1.29, 1.82) is 0 Å². The number of nitrogens with one attached hydrogen (secondary N) is 1. The van der Waals surface area contributed by atoms with Gasteiger partial charge >= 0.3 is 0 Å². The van der Waals surface area contributed by atoms with Gasteiger partial charge < -0.3 is 14.8 Å². The number of nitrogens with zero attached hydrogens (tertiary/aromatic N) is 2. The van der Waals surface area contributed by atoms with E-state index in [-0.39, 0.29) is 14.9 Å². The minimum atomic E-state index is -2.71. The molecule has 148 valence electrons. The van der Waals surface area contributed by atoms with Crippen molar-refractivity contribution < 1.29 is 18.0 Å². The number of carbonyl (C=O) groups is 1. The standard InChI is InChI=1S/C17H19ClF3N3O2S/c1-23(2)5-3-4-10-6-11(8-24(17(10)26)9-14(20)21)22-16(25)13-7-12(19)15(18)27-13/h6-8,14H,3-5,9H2,1-2H3,(H,22,25). The fourth-order valence-electron chi connectivity index (χ4n) is 2.47. The average Bonchev–Trinajstić information content (AvgIpc) is 2.90. The van der Waals surface area contributed by atoms with E-state index in [4.69, 9.17) is 11.6 Å². The molecule has 0 aliphatic carbocycles. The third-order valence-corrected chi connectivity index (χ3v) is 4.98. The molecular weight excluding hydrogens is 403 g/mol. The van der Waals surface area contributed by atoms with Crippen LogP contribution in [0.15, 0.2) is 23.1 Å². The summed E-state index contributed by atoms with van der Waals surface area (Å²) in [5.41, 5.74) is -0.00649. The Balaban J connectivity index is 2.27. The Kier molecular flexibility index (Phi) is 7.46. The quantitative estimate of drug-likeness (QED) is 0.707. The highest BCUT2D eigenvalue weighted by atomic mass is 35.5. The molecule has 5 nitrogen and oxygen atoms in total. The highest BCUT2D eigenvalue weighted by Crippen LogP contribution is 2.26. The summed E-state index contributed by atoms with van der Waals surface area (Å²) in [6.07, 6.45) is -0.523. The Morgan fingerprint density at radius 2 is 2.07 bits per heavy atom. The molecule has 0 saturated carbocycles. The molecule has 0 spiro atoms. The van der Waals surface area contributed by atoms with Gasteiger partial charge in [0.1, 0.15) is 4.34 Å². The first-order chi connectivity index (χ1) is 12.7. The molecule has 1 N–H and O–H groups in total. The molecule has 0 saturated heterocycles. The molecule has 2 aromatic rings. The van der Waals surface area contributed by atoms with Crippen LogP contribution in [0, 0.1) is 5.82 Å². The highest BCUT2D eigenvalue weighted by molar-refractivity contribution is 7.18. The predicted octanol–water partition coefficient (Wildman–Crippen LogP) is 3.71. The summed E-state index contributed by atoms with van der Waals surface area (Å²) < 4.78 is 39.6. The fraction of sp³-hybridized carbons (Fsp3) is 0.412. The molecule has 2 rings (SSSR count). The van der Waals surface area contributed by atoms with Crippen LogP contribution in [0.1, 0.15) is 21.7 Å². The molecule has 0 atom stereocenters. The van der Waals surface area contributed by atoms with Crippen LogP contribution in [0.3, 0.4) is 0 Å². The van der Waals surface area contributed by atoms with E-state index in [0.717, 1.165) is 34.7 Å². The fourth-order valence-corrected chi connectivity index (χ4v) is 3.43. The van der Waals surface area contributed by atoms with Crippen molar-refractivity contribution in [2.45, 2.75) is 25.8 Å². The SMILES string of the molecule is CN(C)CCCc1cc(NC(=O)c2cc(F)c(Cl)s2)cn(CC(F)F)c1=O. The van der Waals surface area contributed by atoms with Gasteiger partial charge in [-0.2, -0.15) is 0 Å². The maximum atomic E-state index is 13.3. The molecule has 0 radical (unpaired) electrons. The summed E-state index contributed by atoms with van der Waals surface area (Å²) in [6.45, 7) is -0.0550. The number of anilines is 1. The number of halogens is 4. The maximum Gasteiger partial charge on any atom is 0.265 e. The number of pyridine rings is 1. The molecule has 1 amide bonds. The van der Waals surface area contributed by atoms with Gasteiger partial charge in [0.25, 0.3) is 17.9 Å². The number of hydrogen-bond donors (Lipinski definition) is 1. The molecule has 0 fully saturated rings. The van der Waals surface area contributed by atoms with Gasteiger partial charge in [0.15, 0.2) is 5.82 Å². The van der Waals surface area contributed by atoms with Gasteiger partial charge in [-0.1, -0.05) is 11.6 Å². The first kappa shape index (κ1) is 21.5. The third-order valence-electron chi connectivity index (χ3n) is 3.67. The number of alkyl halides is 2. The van der Waals surface area contributed by atoms with Crippen molar-refractivity contribution in [3.05, 3.63) is 49.3 Å².